The Morgan fingerprint density at radius 1 is 1.18 bits per heavy atom. The van der Waals surface area contributed by atoms with Crippen LogP contribution in [0.5, 0.6) is 0 Å². The maximum Gasteiger partial charge on any atom is 0.261 e. The Balaban J connectivity index is 1.33. The maximum absolute atomic E-state index is 13.0. The lowest BCUT2D eigenvalue weighted by molar-refractivity contribution is -0.0197. The van der Waals surface area contributed by atoms with Crippen molar-refractivity contribution in [3.8, 4) is 11.3 Å². The average molecular weight is 470 g/mol. The first-order chi connectivity index (χ1) is 16.0. The highest BCUT2D eigenvalue weighted by molar-refractivity contribution is 7.20. The molecule has 174 valence electrons. The summed E-state index contributed by atoms with van der Waals surface area (Å²) in [5.41, 5.74) is 0.926. The molecule has 0 bridgehead atoms. The second kappa shape index (κ2) is 9.40. The summed E-state index contributed by atoms with van der Waals surface area (Å²) in [7, 11) is -0.0295. The summed E-state index contributed by atoms with van der Waals surface area (Å²) < 4.78 is 19.9. The van der Waals surface area contributed by atoms with Gasteiger partial charge in [-0.05, 0) is 25.0 Å². The molecule has 0 spiro atoms. The van der Waals surface area contributed by atoms with Gasteiger partial charge in [-0.15, -0.1) is 0 Å². The molecule has 4 heterocycles. The van der Waals surface area contributed by atoms with Crippen molar-refractivity contribution in [1.29, 1.82) is 0 Å². The molecular formula is C22H27N6O4P. The van der Waals surface area contributed by atoms with Crippen LogP contribution in [0, 0.1) is 0 Å². The first-order valence-electron chi connectivity index (χ1n) is 11.2. The fraction of sp³-hybridized carbons (Fsp3) is 0.500. The highest BCUT2D eigenvalue weighted by Crippen LogP contribution is 2.27. The second-order valence-corrected chi connectivity index (χ2v) is 9.55. The van der Waals surface area contributed by atoms with Gasteiger partial charge in [0.1, 0.15) is 12.0 Å². The quantitative estimate of drug-likeness (QED) is 0.517. The third kappa shape index (κ3) is 4.90. The number of hydrogen-bond donors (Lipinski definition) is 2. The molecule has 1 aromatic carbocycles. The topological polar surface area (TPSA) is 117 Å². The second-order valence-electron chi connectivity index (χ2n) is 8.82. The predicted octanol–water partition coefficient (Wildman–Crippen LogP) is 1.49. The third-order valence-corrected chi connectivity index (χ3v) is 7.12. The van der Waals surface area contributed by atoms with E-state index in [0.717, 1.165) is 31.7 Å². The van der Waals surface area contributed by atoms with Crippen molar-refractivity contribution in [2.24, 2.45) is 0 Å². The lowest BCUT2D eigenvalue weighted by Gasteiger charge is -2.35. The molecule has 2 aliphatic heterocycles. The Morgan fingerprint density at radius 3 is 2.73 bits per heavy atom. The van der Waals surface area contributed by atoms with Crippen LogP contribution in [-0.2, 0) is 17.7 Å². The largest absolute Gasteiger partial charge is 0.447 e. The van der Waals surface area contributed by atoms with Crippen LogP contribution < -0.4 is 10.9 Å². The van der Waals surface area contributed by atoms with Gasteiger partial charge in [0.15, 0.2) is 0 Å². The first kappa shape index (κ1) is 22.3. The molecule has 33 heavy (non-hydrogen) atoms. The molecule has 10 nitrogen and oxygen atoms in total. The van der Waals surface area contributed by atoms with Crippen LogP contribution in [0.3, 0.4) is 0 Å². The Labute approximate surface area is 192 Å². The number of aliphatic hydroxyl groups is 1. The Morgan fingerprint density at radius 2 is 1.97 bits per heavy atom. The van der Waals surface area contributed by atoms with Gasteiger partial charge in [0, 0.05) is 44.8 Å². The lowest BCUT2D eigenvalue weighted by Crippen LogP contribution is -2.45. The highest BCUT2D eigenvalue weighted by Gasteiger charge is 2.33. The molecule has 0 radical (unpaired) electrons. The fourth-order valence-corrected chi connectivity index (χ4v) is 4.84. The van der Waals surface area contributed by atoms with E-state index in [-0.39, 0.29) is 20.7 Å². The zero-order valence-corrected chi connectivity index (χ0v) is 19.2. The molecule has 2 fully saturated rings. The van der Waals surface area contributed by atoms with E-state index in [2.05, 4.69) is 20.2 Å². The molecule has 2 N–H and O–H groups in total. The number of fused-ring (bicyclic) bond motifs is 1. The monoisotopic (exact) mass is 470 g/mol. The summed E-state index contributed by atoms with van der Waals surface area (Å²) >= 11 is 0. The Bertz CT molecular complexity index is 1200. The molecule has 0 atom stereocenters. The standard InChI is InChI=1S/C22H27N6O4P/c29-21-17-2-1-16(19-13-32-20(25-19)12-26-9-5-23-6-10-26)11-18(17)24-15-27(21)14-22(30)3-7-28(33-31)8-4-22/h1-2,11,13,15,23,30H,3-10,12,14H2. The maximum atomic E-state index is 13.0. The fourth-order valence-electron chi connectivity index (χ4n) is 4.47. The van der Waals surface area contributed by atoms with E-state index < -0.39 is 5.60 Å². The van der Waals surface area contributed by atoms with E-state index in [1.807, 2.05) is 12.1 Å². The van der Waals surface area contributed by atoms with Gasteiger partial charge in [-0.25, -0.2) is 14.6 Å². The van der Waals surface area contributed by atoms with Crippen molar-refractivity contribution in [1.82, 2.24) is 29.4 Å². The van der Waals surface area contributed by atoms with Crippen LogP contribution in [0.1, 0.15) is 18.7 Å². The van der Waals surface area contributed by atoms with Crippen LogP contribution in [0.15, 0.2) is 40.0 Å². The number of aromatic nitrogens is 3. The minimum Gasteiger partial charge on any atom is -0.447 e. The van der Waals surface area contributed by atoms with E-state index in [1.54, 1.807) is 17.0 Å². The number of rotatable bonds is 6. The minimum absolute atomic E-state index is 0.0295. The van der Waals surface area contributed by atoms with E-state index in [1.165, 1.54) is 10.9 Å². The molecule has 3 aromatic rings. The zero-order valence-electron chi connectivity index (χ0n) is 18.3. The lowest BCUT2D eigenvalue weighted by atomic mass is 9.92. The summed E-state index contributed by atoms with van der Waals surface area (Å²) in [6, 6.07) is 5.45. The number of oxazole rings is 1. The van der Waals surface area contributed by atoms with Crippen molar-refractivity contribution in [2.75, 3.05) is 39.3 Å². The van der Waals surface area contributed by atoms with Crippen LogP contribution >= 0.6 is 8.61 Å². The van der Waals surface area contributed by atoms with Crippen molar-refractivity contribution in [3.63, 3.8) is 0 Å². The Hall–Kier alpha value is -2.49. The Kier molecular flexibility index (Phi) is 6.36. The van der Waals surface area contributed by atoms with Gasteiger partial charge < -0.3 is 14.8 Å². The molecule has 0 amide bonds. The predicted molar refractivity (Wildman–Crippen MR) is 123 cm³/mol. The number of nitrogens with one attached hydrogen (secondary N) is 1. The minimum atomic E-state index is -1.01. The van der Waals surface area contributed by atoms with Crippen LogP contribution in [0.4, 0.5) is 0 Å². The number of hydrogen-bond acceptors (Lipinski definition) is 8. The molecule has 0 unspecified atom stereocenters. The summed E-state index contributed by atoms with van der Waals surface area (Å²) in [5, 5.41) is 14.7. The summed E-state index contributed by atoms with van der Waals surface area (Å²) in [4.78, 5) is 24.4. The van der Waals surface area contributed by atoms with Crippen molar-refractivity contribution in [2.45, 2.75) is 31.5 Å². The smallest absolute Gasteiger partial charge is 0.261 e. The van der Waals surface area contributed by atoms with E-state index in [9.17, 15) is 14.5 Å². The summed E-state index contributed by atoms with van der Waals surface area (Å²) in [6.45, 7) is 5.76. The summed E-state index contributed by atoms with van der Waals surface area (Å²) in [5.74, 6) is 0.672. The van der Waals surface area contributed by atoms with Gasteiger partial charge in [-0.3, -0.25) is 18.8 Å². The average Bonchev–Trinajstić information content (AvgIpc) is 3.30. The highest BCUT2D eigenvalue weighted by atomic mass is 31.1. The van der Waals surface area contributed by atoms with Crippen LogP contribution in [-0.4, -0.2) is 74.1 Å². The molecule has 2 aromatic heterocycles. The zero-order chi connectivity index (χ0) is 22.8. The molecular weight excluding hydrogens is 443 g/mol. The van der Waals surface area contributed by atoms with E-state index in [0.29, 0.717) is 55.0 Å². The normalized spacial score (nSPS) is 19.9. The van der Waals surface area contributed by atoms with Crippen molar-refractivity contribution < 1.29 is 14.1 Å². The van der Waals surface area contributed by atoms with Gasteiger partial charge in [0.2, 0.25) is 14.5 Å². The number of piperazine rings is 1. The van der Waals surface area contributed by atoms with E-state index in [4.69, 9.17) is 4.42 Å². The molecule has 11 heteroatoms. The SMILES string of the molecule is O=PN1CCC(O)(Cn2cnc3cc(-c4coc(CN5CCNCC5)n4)ccc3c2=O)CC1. The molecule has 0 aliphatic carbocycles. The number of nitrogens with zero attached hydrogens (tertiary/aromatic N) is 5. The number of benzene rings is 1. The molecule has 5 rings (SSSR count). The van der Waals surface area contributed by atoms with Gasteiger partial charge in [-0.2, -0.15) is 0 Å². The van der Waals surface area contributed by atoms with Crippen LogP contribution in [0.25, 0.3) is 22.2 Å². The third-order valence-electron chi connectivity index (χ3n) is 6.49. The summed E-state index contributed by atoms with van der Waals surface area (Å²) in [6.07, 6.45) is 4.04. The van der Waals surface area contributed by atoms with Gasteiger partial charge in [0.25, 0.3) is 5.56 Å². The molecule has 0 saturated carbocycles. The van der Waals surface area contributed by atoms with Crippen molar-refractivity contribution in [3.05, 3.63) is 47.0 Å². The van der Waals surface area contributed by atoms with Gasteiger partial charge in [-0.1, -0.05) is 6.07 Å². The van der Waals surface area contributed by atoms with Gasteiger partial charge >= 0.3 is 0 Å². The van der Waals surface area contributed by atoms with Crippen molar-refractivity contribution >= 4 is 19.5 Å². The van der Waals surface area contributed by atoms with Crippen LogP contribution in [0.2, 0.25) is 0 Å². The first-order valence-corrected chi connectivity index (χ1v) is 12.0. The molecule has 2 aliphatic rings. The van der Waals surface area contributed by atoms with Gasteiger partial charge in [0.05, 0.1) is 35.9 Å². The molecule has 2 saturated heterocycles. The number of piperidine rings is 1. The van der Waals surface area contributed by atoms with E-state index >= 15 is 0 Å².